The summed E-state index contributed by atoms with van der Waals surface area (Å²) in [6.45, 7) is 9.39. The van der Waals surface area contributed by atoms with Crippen molar-refractivity contribution in [2.75, 3.05) is 44.2 Å². The minimum Gasteiger partial charge on any atom is -0.494 e. The maximum Gasteiger partial charge on any atom is 0.315 e. The number of carbonyl (C=O) groups excluding carboxylic acids is 1. The number of rotatable bonds is 10. The first kappa shape index (κ1) is 26.5. The van der Waals surface area contributed by atoms with Crippen LogP contribution in [-0.4, -0.2) is 55.2 Å². The topological polar surface area (TPSA) is 54.9 Å². The highest BCUT2D eigenvalue weighted by molar-refractivity contribution is 6.43. The van der Waals surface area contributed by atoms with E-state index in [4.69, 9.17) is 32.7 Å². The minimum absolute atomic E-state index is 0.150. The van der Waals surface area contributed by atoms with Crippen molar-refractivity contribution in [3.63, 3.8) is 0 Å². The lowest BCUT2D eigenvalue weighted by Crippen LogP contribution is -2.46. The molecule has 1 aliphatic heterocycles. The molecule has 36 heavy (non-hydrogen) atoms. The molecule has 3 aromatic rings. The fourth-order valence-electron chi connectivity index (χ4n) is 4.17. The Morgan fingerprint density at radius 1 is 1.06 bits per heavy atom. The maximum absolute atomic E-state index is 12.1. The molecule has 1 saturated heterocycles. The molecule has 2 aromatic carbocycles. The van der Waals surface area contributed by atoms with Gasteiger partial charge in [-0.05, 0) is 56.1 Å². The average Bonchev–Trinajstić information content (AvgIpc) is 2.89. The summed E-state index contributed by atoms with van der Waals surface area (Å²) in [6, 6.07) is 15.3. The van der Waals surface area contributed by atoms with E-state index < -0.39 is 0 Å². The molecule has 2 heterocycles. The van der Waals surface area contributed by atoms with Gasteiger partial charge in [0.1, 0.15) is 5.75 Å². The summed E-state index contributed by atoms with van der Waals surface area (Å²) >= 11 is 12.6. The highest BCUT2D eigenvalue weighted by atomic mass is 35.5. The molecular weight excluding hydrogens is 497 g/mol. The van der Waals surface area contributed by atoms with Crippen LogP contribution in [0.25, 0.3) is 10.9 Å². The fourth-order valence-corrected chi connectivity index (χ4v) is 4.59. The smallest absolute Gasteiger partial charge is 0.315 e. The van der Waals surface area contributed by atoms with Crippen molar-refractivity contribution >= 4 is 45.8 Å². The van der Waals surface area contributed by atoms with E-state index in [0.717, 1.165) is 74.3 Å². The lowest BCUT2D eigenvalue weighted by atomic mass is 10.1. The molecule has 8 heteroatoms. The van der Waals surface area contributed by atoms with Crippen LogP contribution in [0.2, 0.25) is 10.0 Å². The number of fused-ring (bicyclic) bond motifs is 1. The molecular formula is C28H33Cl2N3O3. The summed E-state index contributed by atoms with van der Waals surface area (Å²) in [5, 5.41) is 2.21. The van der Waals surface area contributed by atoms with Gasteiger partial charge in [0.25, 0.3) is 0 Å². The SMILES string of the molecule is CCC(C)C(=O)Oc1ccc2ccc(OCCCCN3CCN(c4cccc(Cl)c4Cl)CC3)cc2n1. The highest BCUT2D eigenvalue weighted by Gasteiger charge is 2.19. The first-order valence-corrected chi connectivity index (χ1v) is 13.4. The van der Waals surface area contributed by atoms with E-state index in [1.807, 2.05) is 56.3 Å². The van der Waals surface area contributed by atoms with Crippen LogP contribution < -0.4 is 14.4 Å². The van der Waals surface area contributed by atoms with Gasteiger partial charge in [0.2, 0.25) is 5.88 Å². The van der Waals surface area contributed by atoms with Gasteiger partial charge < -0.3 is 14.4 Å². The van der Waals surface area contributed by atoms with E-state index in [1.54, 1.807) is 6.07 Å². The van der Waals surface area contributed by atoms with Gasteiger partial charge in [0.15, 0.2) is 0 Å². The Bertz CT molecular complexity index is 1180. The quantitative estimate of drug-likeness (QED) is 0.221. The predicted octanol–water partition coefficient (Wildman–Crippen LogP) is 6.47. The predicted molar refractivity (Wildman–Crippen MR) is 147 cm³/mol. The number of esters is 1. The number of anilines is 1. The Kier molecular flexibility index (Phi) is 9.30. The summed E-state index contributed by atoms with van der Waals surface area (Å²) in [6.07, 6.45) is 2.77. The van der Waals surface area contributed by atoms with E-state index in [-0.39, 0.29) is 11.9 Å². The van der Waals surface area contributed by atoms with Crippen LogP contribution in [0.15, 0.2) is 48.5 Å². The molecule has 0 radical (unpaired) electrons. The van der Waals surface area contributed by atoms with Crippen LogP contribution in [0.3, 0.4) is 0 Å². The first-order valence-electron chi connectivity index (χ1n) is 12.6. The number of aromatic nitrogens is 1. The second kappa shape index (κ2) is 12.6. The van der Waals surface area contributed by atoms with Gasteiger partial charge in [0.05, 0.1) is 33.8 Å². The Morgan fingerprint density at radius 2 is 1.83 bits per heavy atom. The number of pyridine rings is 1. The number of nitrogens with zero attached hydrogens (tertiary/aromatic N) is 3. The van der Waals surface area contributed by atoms with Gasteiger partial charge in [-0.15, -0.1) is 0 Å². The van der Waals surface area contributed by atoms with E-state index in [9.17, 15) is 4.79 Å². The second-order valence-corrected chi connectivity index (χ2v) is 9.98. The number of hydrogen-bond acceptors (Lipinski definition) is 6. The molecule has 1 aliphatic rings. The van der Waals surface area contributed by atoms with E-state index in [0.29, 0.717) is 22.5 Å². The number of piperazine rings is 1. The maximum atomic E-state index is 12.1. The summed E-state index contributed by atoms with van der Waals surface area (Å²) < 4.78 is 11.4. The molecule has 0 saturated carbocycles. The van der Waals surface area contributed by atoms with Crippen LogP contribution in [-0.2, 0) is 4.79 Å². The van der Waals surface area contributed by atoms with Crippen molar-refractivity contribution < 1.29 is 14.3 Å². The minimum atomic E-state index is -0.258. The van der Waals surface area contributed by atoms with Gasteiger partial charge in [0, 0.05) is 43.7 Å². The van der Waals surface area contributed by atoms with Crippen molar-refractivity contribution in [1.82, 2.24) is 9.88 Å². The van der Waals surface area contributed by atoms with Gasteiger partial charge in [-0.25, -0.2) is 4.98 Å². The van der Waals surface area contributed by atoms with E-state index in [1.165, 1.54) is 0 Å². The number of benzene rings is 2. The average molecular weight is 530 g/mol. The molecule has 0 N–H and O–H groups in total. The normalized spacial score (nSPS) is 15.2. The van der Waals surface area contributed by atoms with Crippen LogP contribution in [0.4, 0.5) is 5.69 Å². The molecule has 0 bridgehead atoms. The molecule has 6 nitrogen and oxygen atoms in total. The Labute approximate surface area is 223 Å². The van der Waals surface area contributed by atoms with Gasteiger partial charge >= 0.3 is 5.97 Å². The fraction of sp³-hybridized carbons (Fsp3) is 0.429. The highest BCUT2D eigenvalue weighted by Crippen LogP contribution is 2.33. The number of unbranched alkanes of at least 4 members (excludes halogenated alkanes) is 1. The van der Waals surface area contributed by atoms with Crippen molar-refractivity contribution in [2.45, 2.75) is 33.1 Å². The zero-order valence-corrected chi connectivity index (χ0v) is 22.4. The summed E-state index contributed by atoms with van der Waals surface area (Å²) in [5.74, 6) is 0.684. The first-order chi connectivity index (χ1) is 17.4. The monoisotopic (exact) mass is 529 g/mol. The molecule has 1 unspecified atom stereocenters. The number of carbonyl (C=O) groups is 1. The molecule has 1 fully saturated rings. The third-order valence-corrected chi connectivity index (χ3v) is 7.45. The van der Waals surface area contributed by atoms with Crippen LogP contribution >= 0.6 is 23.2 Å². The molecule has 1 atom stereocenters. The Hall–Kier alpha value is -2.54. The van der Waals surface area contributed by atoms with Gasteiger partial charge in [-0.1, -0.05) is 43.1 Å². The van der Waals surface area contributed by atoms with Gasteiger partial charge in [-0.3, -0.25) is 9.69 Å². The molecule has 1 aromatic heterocycles. The zero-order valence-electron chi connectivity index (χ0n) is 20.9. The van der Waals surface area contributed by atoms with E-state index in [2.05, 4.69) is 14.8 Å². The third kappa shape index (κ3) is 6.81. The Balaban J connectivity index is 1.20. The molecule has 0 amide bonds. The molecule has 0 spiro atoms. The number of hydrogen-bond donors (Lipinski definition) is 0. The Morgan fingerprint density at radius 3 is 2.61 bits per heavy atom. The largest absolute Gasteiger partial charge is 0.494 e. The number of ether oxygens (including phenoxy) is 2. The second-order valence-electron chi connectivity index (χ2n) is 9.19. The number of halogens is 2. The van der Waals surface area contributed by atoms with Crippen LogP contribution in [0.1, 0.15) is 33.1 Å². The standard InChI is InChI=1S/C28H33Cl2N3O3/c1-3-20(2)28(34)36-26-12-10-21-9-11-22(19-24(21)31-26)35-18-5-4-13-32-14-16-33(17-15-32)25-8-6-7-23(29)27(25)30/h6-12,19-20H,3-5,13-18H2,1-2H3. The lowest BCUT2D eigenvalue weighted by Gasteiger charge is -2.36. The summed E-state index contributed by atoms with van der Waals surface area (Å²) in [7, 11) is 0. The summed E-state index contributed by atoms with van der Waals surface area (Å²) in [4.78, 5) is 21.3. The molecule has 0 aliphatic carbocycles. The third-order valence-electron chi connectivity index (χ3n) is 6.64. The van der Waals surface area contributed by atoms with Crippen LogP contribution in [0.5, 0.6) is 11.6 Å². The lowest BCUT2D eigenvalue weighted by molar-refractivity contribution is -0.138. The van der Waals surface area contributed by atoms with Crippen molar-refractivity contribution in [3.05, 3.63) is 58.6 Å². The molecule has 192 valence electrons. The van der Waals surface area contributed by atoms with Crippen LogP contribution in [0, 0.1) is 5.92 Å². The van der Waals surface area contributed by atoms with Crippen molar-refractivity contribution in [1.29, 1.82) is 0 Å². The van der Waals surface area contributed by atoms with Gasteiger partial charge in [-0.2, -0.15) is 0 Å². The molecule has 4 rings (SSSR count). The van der Waals surface area contributed by atoms with Crippen molar-refractivity contribution in [3.8, 4) is 11.6 Å². The van der Waals surface area contributed by atoms with Crippen molar-refractivity contribution in [2.24, 2.45) is 5.92 Å². The zero-order chi connectivity index (χ0) is 25.5. The van der Waals surface area contributed by atoms with E-state index >= 15 is 0 Å². The summed E-state index contributed by atoms with van der Waals surface area (Å²) in [5.41, 5.74) is 1.77.